The minimum Gasteiger partial charge on any atom is -0.354 e. The Labute approximate surface area is 170 Å². The first-order valence-electron chi connectivity index (χ1n) is 9.81. The highest BCUT2D eigenvalue weighted by Crippen LogP contribution is 2.26. The van der Waals surface area contributed by atoms with Gasteiger partial charge in [0.2, 0.25) is 5.91 Å². The molecule has 0 unspecified atom stereocenters. The molecule has 2 aliphatic rings. The summed E-state index contributed by atoms with van der Waals surface area (Å²) in [7, 11) is 0. The molecular formula is C19H30N4O2S2. The maximum absolute atomic E-state index is 12.6. The lowest BCUT2D eigenvalue weighted by atomic mass is 9.92. The zero-order valence-corrected chi connectivity index (χ0v) is 18.1. The van der Waals surface area contributed by atoms with Gasteiger partial charge in [0, 0.05) is 36.5 Å². The molecule has 6 nitrogen and oxygen atoms in total. The van der Waals surface area contributed by atoms with Gasteiger partial charge in [0.25, 0.3) is 5.91 Å². The Hall–Kier alpha value is -1.12. The van der Waals surface area contributed by atoms with Crippen molar-refractivity contribution in [1.29, 1.82) is 0 Å². The fourth-order valence-electron chi connectivity index (χ4n) is 3.97. The Kier molecular flexibility index (Phi) is 7.16. The molecule has 3 heterocycles. The molecule has 27 heavy (non-hydrogen) atoms. The van der Waals surface area contributed by atoms with Gasteiger partial charge in [-0.05, 0) is 58.9 Å². The van der Waals surface area contributed by atoms with Crippen molar-refractivity contribution < 1.29 is 9.59 Å². The third kappa shape index (κ3) is 5.23. The molecule has 0 atom stereocenters. The highest BCUT2D eigenvalue weighted by molar-refractivity contribution is 8.00. The van der Waals surface area contributed by atoms with Crippen molar-refractivity contribution in [2.45, 2.75) is 56.0 Å². The number of nitrogens with zero attached hydrogens (tertiary/aromatic N) is 3. The number of carbonyl (C=O) groups excluding carboxylic acids is 2. The molecule has 3 rings (SSSR count). The number of thiazole rings is 1. The molecule has 1 aromatic rings. The quantitative estimate of drug-likeness (QED) is 0.756. The molecule has 150 valence electrons. The zero-order chi connectivity index (χ0) is 19.4. The number of likely N-dealkylation sites (tertiary alicyclic amines) is 2. The molecule has 0 spiro atoms. The topological polar surface area (TPSA) is 65.5 Å². The second kappa shape index (κ2) is 9.39. The van der Waals surface area contributed by atoms with Crippen molar-refractivity contribution >= 4 is 34.9 Å². The normalized spacial score (nSPS) is 20.2. The van der Waals surface area contributed by atoms with Crippen LogP contribution in [-0.4, -0.2) is 71.1 Å². The van der Waals surface area contributed by atoms with E-state index in [1.54, 1.807) is 11.8 Å². The molecule has 0 bridgehead atoms. The van der Waals surface area contributed by atoms with E-state index in [1.165, 1.54) is 11.3 Å². The van der Waals surface area contributed by atoms with Gasteiger partial charge in [-0.1, -0.05) is 11.8 Å². The molecule has 2 amide bonds. The van der Waals surface area contributed by atoms with Crippen LogP contribution in [0.15, 0.2) is 9.72 Å². The summed E-state index contributed by atoms with van der Waals surface area (Å²) in [6.07, 6.45) is 5.87. The monoisotopic (exact) mass is 410 g/mol. The number of thioether (sulfide) groups is 1. The van der Waals surface area contributed by atoms with Crippen LogP contribution in [0.5, 0.6) is 0 Å². The highest BCUT2D eigenvalue weighted by atomic mass is 32.2. The summed E-state index contributed by atoms with van der Waals surface area (Å²) < 4.78 is 0.942. The van der Waals surface area contributed by atoms with Crippen LogP contribution in [0, 0.1) is 5.92 Å². The van der Waals surface area contributed by atoms with Crippen LogP contribution in [0.2, 0.25) is 0 Å². The number of amides is 2. The van der Waals surface area contributed by atoms with Crippen LogP contribution in [-0.2, 0) is 4.79 Å². The van der Waals surface area contributed by atoms with E-state index < -0.39 is 0 Å². The molecule has 8 heteroatoms. The summed E-state index contributed by atoms with van der Waals surface area (Å²) in [6, 6.07) is 0.738. The van der Waals surface area contributed by atoms with E-state index in [9.17, 15) is 9.59 Å². The number of aromatic nitrogens is 1. The van der Waals surface area contributed by atoms with Crippen LogP contribution < -0.4 is 5.32 Å². The number of rotatable bonds is 5. The predicted octanol–water partition coefficient (Wildman–Crippen LogP) is 2.71. The number of nitrogens with one attached hydrogen (secondary N) is 1. The summed E-state index contributed by atoms with van der Waals surface area (Å²) in [5.41, 5.74) is 0.583. The molecule has 0 saturated carbocycles. The van der Waals surface area contributed by atoms with Crippen LogP contribution in [0.25, 0.3) is 0 Å². The maximum Gasteiger partial charge on any atom is 0.273 e. The van der Waals surface area contributed by atoms with E-state index in [-0.39, 0.29) is 23.8 Å². The van der Waals surface area contributed by atoms with Gasteiger partial charge in [0.05, 0.1) is 0 Å². The molecule has 2 aliphatic heterocycles. The summed E-state index contributed by atoms with van der Waals surface area (Å²) >= 11 is 3.11. The van der Waals surface area contributed by atoms with Gasteiger partial charge in [-0.3, -0.25) is 9.59 Å². The zero-order valence-electron chi connectivity index (χ0n) is 16.4. The maximum atomic E-state index is 12.6. The Balaban J connectivity index is 1.44. The number of piperidine rings is 2. The second-order valence-corrected chi connectivity index (χ2v) is 9.61. The fourth-order valence-corrected chi connectivity index (χ4v) is 5.21. The molecule has 1 aromatic heterocycles. The van der Waals surface area contributed by atoms with Crippen molar-refractivity contribution in [1.82, 2.24) is 20.1 Å². The molecule has 0 aromatic carbocycles. The largest absolute Gasteiger partial charge is 0.354 e. The average molecular weight is 411 g/mol. The van der Waals surface area contributed by atoms with Gasteiger partial charge in [-0.15, -0.1) is 11.3 Å². The van der Waals surface area contributed by atoms with Crippen molar-refractivity contribution in [3.63, 3.8) is 0 Å². The van der Waals surface area contributed by atoms with Crippen molar-refractivity contribution in [3.05, 3.63) is 11.1 Å². The van der Waals surface area contributed by atoms with Crippen molar-refractivity contribution in [2.75, 3.05) is 32.4 Å². The van der Waals surface area contributed by atoms with E-state index in [4.69, 9.17) is 0 Å². The number of carbonyl (C=O) groups is 2. The smallest absolute Gasteiger partial charge is 0.273 e. The minimum atomic E-state index is 0.0639. The third-order valence-electron chi connectivity index (χ3n) is 5.48. The first-order valence-corrected chi connectivity index (χ1v) is 11.9. The van der Waals surface area contributed by atoms with Gasteiger partial charge in [0.1, 0.15) is 10.0 Å². The number of hydrogen-bond donors (Lipinski definition) is 1. The molecular weight excluding hydrogens is 380 g/mol. The van der Waals surface area contributed by atoms with E-state index in [2.05, 4.69) is 15.2 Å². The predicted molar refractivity (Wildman–Crippen MR) is 110 cm³/mol. The van der Waals surface area contributed by atoms with Crippen LogP contribution >= 0.6 is 23.1 Å². The second-order valence-electron chi connectivity index (χ2n) is 7.70. The lowest BCUT2D eigenvalue weighted by molar-refractivity contribution is -0.127. The third-order valence-corrected chi connectivity index (χ3v) is 7.34. The fraction of sp³-hybridized carbons (Fsp3) is 0.737. The van der Waals surface area contributed by atoms with Gasteiger partial charge in [0.15, 0.2) is 0 Å². The summed E-state index contributed by atoms with van der Waals surface area (Å²) in [4.78, 5) is 33.7. The van der Waals surface area contributed by atoms with E-state index >= 15 is 0 Å². The summed E-state index contributed by atoms with van der Waals surface area (Å²) in [6.45, 7) is 7.58. The SMILES string of the molecule is CSc1nc(C(=O)N2CCC(N3CCC(C(=O)NC(C)C)CC3)CC2)cs1. The standard InChI is InChI=1S/C19H30N4O2S2/c1-13(2)20-17(24)14-4-8-22(9-5-14)15-6-10-23(11-7-15)18(25)16-12-27-19(21-16)26-3/h12-15H,4-11H2,1-3H3,(H,20,24). The lowest BCUT2D eigenvalue weighted by Gasteiger charge is -2.41. The first-order chi connectivity index (χ1) is 13.0. The summed E-state index contributed by atoms with van der Waals surface area (Å²) in [5, 5.41) is 4.91. The van der Waals surface area contributed by atoms with Gasteiger partial charge in [-0.25, -0.2) is 4.98 Å². The molecule has 1 N–H and O–H groups in total. The van der Waals surface area contributed by atoms with Crippen LogP contribution in [0.1, 0.15) is 50.0 Å². The van der Waals surface area contributed by atoms with Crippen molar-refractivity contribution in [2.24, 2.45) is 5.92 Å². The highest BCUT2D eigenvalue weighted by Gasteiger charge is 2.32. The van der Waals surface area contributed by atoms with Gasteiger partial charge >= 0.3 is 0 Å². The Bertz CT molecular complexity index is 648. The van der Waals surface area contributed by atoms with E-state index in [0.29, 0.717) is 11.7 Å². The van der Waals surface area contributed by atoms with Gasteiger partial charge < -0.3 is 15.1 Å². The van der Waals surface area contributed by atoms with Gasteiger partial charge in [-0.2, -0.15) is 0 Å². The minimum absolute atomic E-state index is 0.0639. The Morgan fingerprint density at radius 3 is 2.41 bits per heavy atom. The average Bonchev–Trinajstić information content (AvgIpc) is 3.16. The van der Waals surface area contributed by atoms with Crippen molar-refractivity contribution in [3.8, 4) is 0 Å². The van der Waals surface area contributed by atoms with E-state index in [1.807, 2.05) is 30.4 Å². The Morgan fingerprint density at radius 1 is 1.19 bits per heavy atom. The Morgan fingerprint density at radius 2 is 1.85 bits per heavy atom. The summed E-state index contributed by atoms with van der Waals surface area (Å²) in [5.74, 6) is 0.424. The van der Waals surface area contributed by atoms with Crippen LogP contribution in [0.3, 0.4) is 0 Å². The molecule has 0 radical (unpaired) electrons. The number of hydrogen-bond acceptors (Lipinski definition) is 6. The molecule has 2 saturated heterocycles. The molecule has 0 aliphatic carbocycles. The van der Waals surface area contributed by atoms with Crippen LogP contribution in [0.4, 0.5) is 0 Å². The molecule has 2 fully saturated rings. The van der Waals surface area contributed by atoms with E-state index in [0.717, 1.165) is 56.2 Å². The lowest BCUT2D eigenvalue weighted by Crippen LogP contribution is -2.50. The first kappa shape index (κ1) is 20.6.